The van der Waals surface area contributed by atoms with Crippen LogP contribution in [0.25, 0.3) is 22.3 Å². The second kappa shape index (κ2) is 15.2. The molecule has 3 saturated heterocycles. The molecule has 13 N–H and O–H groups in total. The van der Waals surface area contributed by atoms with Gasteiger partial charge in [-0.05, 0) is 24.3 Å². The summed E-state index contributed by atoms with van der Waals surface area (Å²) in [5.41, 5.74) is -1.04. The molecule has 3 fully saturated rings. The third kappa shape index (κ3) is 7.08. The summed E-state index contributed by atoms with van der Waals surface area (Å²) in [7, 11) is 0. The maximum atomic E-state index is 13.2. The Hall–Kier alpha value is -4.53. The number of carboxylic acids is 2. The summed E-state index contributed by atoms with van der Waals surface area (Å²) in [6.45, 7) is -0.690. The second-order valence-electron chi connectivity index (χ2n) is 13.0. The Kier molecular flexibility index (Phi) is 11.1. The molecule has 6 rings (SSSR count). The fraction of sp³-hybridized carbons (Fsp3) is 0.485. The van der Waals surface area contributed by atoms with E-state index in [1.165, 1.54) is 24.3 Å². The second-order valence-corrected chi connectivity index (χ2v) is 13.0. The first-order valence-corrected chi connectivity index (χ1v) is 16.3. The fourth-order valence-electron chi connectivity index (χ4n) is 6.56. The van der Waals surface area contributed by atoms with Crippen molar-refractivity contribution in [1.29, 1.82) is 0 Å². The highest BCUT2D eigenvalue weighted by Gasteiger charge is 2.67. The van der Waals surface area contributed by atoms with E-state index in [9.17, 15) is 80.8 Å². The minimum atomic E-state index is -3.25. The van der Waals surface area contributed by atoms with Gasteiger partial charge in [0.15, 0.2) is 29.8 Å². The highest BCUT2D eigenvalue weighted by Crippen LogP contribution is 2.43. The molecular formula is C33H36O22. The summed E-state index contributed by atoms with van der Waals surface area (Å²) in [5.74, 6) is -8.68. The summed E-state index contributed by atoms with van der Waals surface area (Å²) in [4.78, 5) is 37.2. The average Bonchev–Trinajstić information content (AvgIpc) is 3.14. The van der Waals surface area contributed by atoms with Gasteiger partial charge >= 0.3 is 11.9 Å². The van der Waals surface area contributed by atoms with Crippen LogP contribution in [-0.4, -0.2) is 176 Å². The zero-order valence-electron chi connectivity index (χ0n) is 27.8. The number of hydrogen-bond acceptors (Lipinski definition) is 20. The number of aliphatic carboxylic acids is 2. The van der Waals surface area contributed by atoms with E-state index < -0.39 is 138 Å². The lowest BCUT2D eigenvalue weighted by Crippen LogP contribution is -2.77. The van der Waals surface area contributed by atoms with Gasteiger partial charge in [-0.3, -0.25) is 4.79 Å². The number of phenolic OH excluding ortho intramolecular Hbond substituents is 1. The summed E-state index contributed by atoms with van der Waals surface area (Å²) < 4.78 is 33.2. The minimum Gasteiger partial charge on any atom is -0.507 e. The smallest absolute Gasteiger partial charge is 0.335 e. The highest BCUT2D eigenvalue weighted by atomic mass is 16.8. The number of hydrogen-bond donors (Lipinski definition) is 13. The minimum absolute atomic E-state index is 0.0581. The predicted molar refractivity (Wildman–Crippen MR) is 172 cm³/mol. The van der Waals surface area contributed by atoms with Gasteiger partial charge < -0.3 is 94.5 Å². The van der Waals surface area contributed by atoms with E-state index in [0.717, 1.165) is 18.2 Å². The van der Waals surface area contributed by atoms with E-state index in [0.29, 0.717) is 0 Å². The molecule has 0 aliphatic carbocycles. The van der Waals surface area contributed by atoms with E-state index >= 15 is 0 Å². The predicted octanol–water partition coefficient (Wildman–Crippen LogP) is -5.08. The number of rotatable bonds is 9. The van der Waals surface area contributed by atoms with Crippen molar-refractivity contribution in [2.75, 3.05) is 6.61 Å². The standard InChI is InChI=1S/C33H36O22/c34-8-16-18(37)19(38)25(44)32(52-16)50-10-3-1-9(2-4-10)14-7-13(36)17-12(35)5-11(6-15(17)51-14)54-33(28(45)23(42)22(41)27(55-33)31(48)49)29-24(43)20(39)21(40)26(53-29)30(46)47/h1-7,16,18-29,32,34-35,37-45H,8H2,(H,46,47)(H,48,49)/t16-,18-,19-,20+,21+,22+,23-,24-,25-,26-,27+,28-,29-,32-,33+/m0/s1. The Bertz CT molecular complexity index is 1950. The Morgan fingerprint density at radius 2 is 1.33 bits per heavy atom. The summed E-state index contributed by atoms with van der Waals surface area (Å²) in [5, 5.41) is 134. The van der Waals surface area contributed by atoms with E-state index in [2.05, 4.69) is 0 Å². The number of phenols is 1. The van der Waals surface area contributed by atoms with Gasteiger partial charge in [-0.15, -0.1) is 0 Å². The molecule has 22 nitrogen and oxygen atoms in total. The Balaban J connectivity index is 1.37. The molecule has 0 amide bonds. The molecule has 0 saturated carbocycles. The fourth-order valence-corrected chi connectivity index (χ4v) is 6.56. The molecule has 3 aromatic rings. The summed E-state index contributed by atoms with van der Waals surface area (Å²) >= 11 is 0. The van der Waals surface area contributed by atoms with Crippen molar-refractivity contribution in [2.45, 2.75) is 91.4 Å². The number of fused-ring (bicyclic) bond motifs is 1. The first-order valence-electron chi connectivity index (χ1n) is 16.3. The third-order valence-corrected chi connectivity index (χ3v) is 9.50. The Morgan fingerprint density at radius 1 is 0.709 bits per heavy atom. The number of benzene rings is 2. The Labute approximate surface area is 306 Å². The molecule has 55 heavy (non-hydrogen) atoms. The van der Waals surface area contributed by atoms with E-state index in [1.54, 1.807) is 0 Å². The quantitative estimate of drug-likeness (QED) is 0.0965. The van der Waals surface area contributed by atoms with Crippen molar-refractivity contribution in [3.05, 3.63) is 52.7 Å². The van der Waals surface area contributed by atoms with Crippen LogP contribution >= 0.6 is 0 Å². The molecule has 0 unspecified atom stereocenters. The first-order chi connectivity index (χ1) is 25.9. The van der Waals surface area contributed by atoms with Crippen LogP contribution in [0, 0.1) is 0 Å². The van der Waals surface area contributed by atoms with Crippen molar-refractivity contribution < 1.29 is 104 Å². The Morgan fingerprint density at radius 3 is 1.95 bits per heavy atom. The van der Waals surface area contributed by atoms with Crippen LogP contribution < -0.4 is 14.9 Å². The van der Waals surface area contributed by atoms with Gasteiger partial charge in [-0.2, -0.15) is 0 Å². The molecule has 0 spiro atoms. The SMILES string of the molecule is O=C(O)[C@H]1O[C@H]([C@]2(Oc3cc(O)c4c(=O)cc(-c5ccc(O[C@H]6O[C@@H](CO)[C@H](O)[C@H](O)[C@@H]6O)cc5)oc4c3)O[C@@H](C(=O)O)[C@H](O)[C@H](O)[C@@H]2O)[C@@H](O)[C@H](O)[C@H]1O. The molecule has 2 aromatic carbocycles. The molecule has 0 radical (unpaired) electrons. The molecule has 300 valence electrons. The molecule has 1 aromatic heterocycles. The maximum absolute atomic E-state index is 13.2. The zero-order valence-corrected chi connectivity index (χ0v) is 27.8. The monoisotopic (exact) mass is 784 g/mol. The van der Waals surface area contributed by atoms with E-state index in [-0.39, 0.29) is 17.1 Å². The van der Waals surface area contributed by atoms with E-state index in [1.807, 2.05) is 0 Å². The van der Waals surface area contributed by atoms with Gasteiger partial charge in [0.05, 0.1) is 6.61 Å². The van der Waals surface area contributed by atoms with Crippen LogP contribution in [0.1, 0.15) is 0 Å². The molecule has 0 bridgehead atoms. The van der Waals surface area contributed by atoms with Crippen molar-refractivity contribution >= 4 is 22.9 Å². The number of ether oxygens (including phenoxy) is 5. The molecule has 3 aliphatic rings. The molecular weight excluding hydrogens is 748 g/mol. The van der Waals surface area contributed by atoms with Gasteiger partial charge in [-0.1, -0.05) is 0 Å². The number of aliphatic hydroxyl groups excluding tert-OH is 10. The maximum Gasteiger partial charge on any atom is 0.335 e. The summed E-state index contributed by atoms with van der Waals surface area (Å²) in [6, 6.07) is 8.08. The van der Waals surface area contributed by atoms with Crippen molar-refractivity contribution in [3.8, 4) is 28.6 Å². The zero-order chi connectivity index (χ0) is 40.3. The number of aromatic hydroxyl groups is 1. The number of carboxylic acid groups (broad SMARTS) is 2. The average molecular weight is 785 g/mol. The van der Waals surface area contributed by atoms with Crippen LogP contribution in [0.3, 0.4) is 0 Å². The molecule has 15 atom stereocenters. The van der Waals surface area contributed by atoms with Crippen LogP contribution in [0.4, 0.5) is 0 Å². The van der Waals surface area contributed by atoms with Crippen LogP contribution in [-0.2, 0) is 23.8 Å². The van der Waals surface area contributed by atoms with Gasteiger partial charge in [-0.25, -0.2) is 9.59 Å². The van der Waals surface area contributed by atoms with Crippen molar-refractivity contribution in [1.82, 2.24) is 0 Å². The van der Waals surface area contributed by atoms with Crippen LogP contribution in [0.15, 0.2) is 51.7 Å². The molecule has 22 heteroatoms. The highest BCUT2D eigenvalue weighted by molar-refractivity contribution is 5.86. The molecule has 3 aliphatic heterocycles. The van der Waals surface area contributed by atoms with E-state index in [4.69, 9.17) is 28.1 Å². The lowest BCUT2D eigenvalue weighted by Gasteiger charge is -2.53. The van der Waals surface area contributed by atoms with Gasteiger partial charge in [0.2, 0.25) is 6.29 Å². The molecule has 4 heterocycles. The van der Waals surface area contributed by atoms with Gasteiger partial charge in [0, 0.05) is 23.8 Å². The van der Waals surface area contributed by atoms with Crippen molar-refractivity contribution in [3.63, 3.8) is 0 Å². The lowest BCUT2D eigenvalue weighted by molar-refractivity contribution is -0.387. The number of aliphatic hydroxyl groups is 10. The van der Waals surface area contributed by atoms with Crippen LogP contribution in [0.2, 0.25) is 0 Å². The van der Waals surface area contributed by atoms with Gasteiger partial charge in [0.1, 0.15) is 88.9 Å². The summed E-state index contributed by atoms with van der Waals surface area (Å²) in [6.07, 6.45) is -29.5. The largest absolute Gasteiger partial charge is 0.507 e. The van der Waals surface area contributed by atoms with Gasteiger partial charge in [0.25, 0.3) is 5.79 Å². The topological polar surface area (TPSA) is 373 Å². The van der Waals surface area contributed by atoms with Crippen molar-refractivity contribution in [2.24, 2.45) is 0 Å². The first kappa shape index (κ1) is 40.1. The lowest BCUT2D eigenvalue weighted by atomic mass is 9.82. The normalized spacial score (nSPS) is 38.0. The third-order valence-electron chi connectivity index (χ3n) is 9.50. The van der Waals surface area contributed by atoms with Crippen LogP contribution in [0.5, 0.6) is 17.2 Å². The number of carbonyl (C=O) groups is 2.